The number of nitrogens with zero attached hydrogens (tertiary/aromatic N) is 4. The molecule has 1 aliphatic heterocycles. The predicted molar refractivity (Wildman–Crippen MR) is 76.7 cm³/mol. The maximum absolute atomic E-state index is 11.8. The van der Waals surface area contributed by atoms with Crippen LogP contribution in [0.2, 0.25) is 0 Å². The van der Waals surface area contributed by atoms with Crippen molar-refractivity contribution in [3.8, 4) is 0 Å². The van der Waals surface area contributed by atoms with Gasteiger partial charge in [0.05, 0.1) is 0 Å². The number of likely N-dealkylation sites (N-methyl/N-ethyl adjacent to an activating group) is 1. The highest BCUT2D eigenvalue weighted by atomic mass is 79.9. The SMILES string of the molecule is CN1CCN(c2nn3c(=O)cc(Br)cc3s2)CC1. The Bertz CT molecular complexity index is 629. The molecule has 2 aromatic heterocycles. The van der Waals surface area contributed by atoms with Crippen molar-refractivity contribution in [2.24, 2.45) is 0 Å². The van der Waals surface area contributed by atoms with E-state index in [9.17, 15) is 4.79 Å². The number of anilines is 1. The molecule has 0 atom stereocenters. The highest BCUT2D eigenvalue weighted by molar-refractivity contribution is 9.10. The molecular weight excluding hydrogens is 316 g/mol. The zero-order chi connectivity index (χ0) is 12.7. The number of aromatic nitrogens is 2. The number of hydrogen-bond donors (Lipinski definition) is 0. The number of halogens is 1. The molecule has 3 rings (SSSR count). The van der Waals surface area contributed by atoms with Crippen LogP contribution in [-0.4, -0.2) is 47.7 Å². The molecule has 0 spiro atoms. The minimum absolute atomic E-state index is 0.0870. The van der Waals surface area contributed by atoms with Gasteiger partial charge in [-0.1, -0.05) is 27.3 Å². The van der Waals surface area contributed by atoms with Gasteiger partial charge in [0, 0.05) is 36.7 Å². The molecule has 0 radical (unpaired) electrons. The van der Waals surface area contributed by atoms with Crippen LogP contribution in [0, 0.1) is 0 Å². The summed E-state index contributed by atoms with van der Waals surface area (Å²) in [6, 6.07) is 3.47. The fraction of sp³-hybridized carbons (Fsp3) is 0.455. The molecule has 5 nitrogen and oxygen atoms in total. The molecule has 0 N–H and O–H groups in total. The Morgan fingerprint density at radius 1 is 1.28 bits per heavy atom. The summed E-state index contributed by atoms with van der Waals surface area (Å²) in [5.74, 6) is 0. The first-order valence-corrected chi connectivity index (χ1v) is 7.37. The molecule has 2 aromatic rings. The van der Waals surface area contributed by atoms with E-state index in [2.05, 4.69) is 37.9 Å². The maximum atomic E-state index is 11.8. The second kappa shape index (κ2) is 4.64. The van der Waals surface area contributed by atoms with Gasteiger partial charge in [-0.15, -0.1) is 5.10 Å². The van der Waals surface area contributed by atoms with Crippen LogP contribution in [0.15, 0.2) is 21.4 Å². The smallest absolute Gasteiger partial charge is 0.273 e. The molecule has 0 unspecified atom stereocenters. The summed E-state index contributed by atoms with van der Waals surface area (Å²) in [6.45, 7) is 4.00. The second-order valence-corrected chi connectivity index (χ2v) is 6.34. The molecule has 3 heterocycles. The van der Waals surface area contributed by atoms with Gasteiger partial charge in [0.1, 0.15) is 4.83 Å². The topological polar surface area (TPSA) is 40.9 Å². The minimum atomic E-state index is -0.0870. The number of hydrogen-bond acceptors (Lipinski definition) is 5. The quantitative estimate of drug-likeness (QED) is 0.790. The summed E-state index contributed by atoms with van der Waals surface area (Å²) >= 11 is 4.90. The van der Waals surface area contributed by atoms with Crippen LogP contribution in [0.25, 0.3) is 4.83 Å². The van der Waals surface area contributed by atoms with E-state index in [-0.39, 0.29) is 5.56 Å². The van der Waals surface area contributed by atoms with Gasteiger partial charge >= 0.3 is 0 Å². The van der Waals surface area contributed by atoms with Gasteiger partial charge in [-0.3, -0.25) is 4.79 Å². The lowest BCUT2D eigenvalue weighted by Crippen LogP contribution is -2.44. The molecule has 0 saturated carbocycles. The van der Waals surface area contributed by atoms with Crippen molar-refractivity contribution in [3.63, 3.8) is 0 Å². The van der Waals surface area contributed by atoms with Gasteiger partial charge in [0.15, 0.2) is 0 Å². The predicted octanol–water partition coefficient (Wildman–Crippen LogP) is 1.27. The van der Waals surface area contributed by atoms with E-state index < -0.39 is 0 Å². The van der Waals surface area contributed by atoms with E-state index in [4.69, 9.17) is 0 Å². The lowest BCUT2D eigenvalue weighted by atomic mass is 10.3. The van der Waals surface area contributed by atoms with E-state index >= 15 is 0 Å². The molecular formula is C11H13BrN4OS. The largest absolute Gasteiger partial charge is 0.344 e. The molecule has 18 heavy (non-hydrogen) atoms. The summed E-state index contributed by atoms with van der Waals surface area (Å²) in [5.41, 5.74) is -0.0870. The third kappa shape index (κ3) is 2.17. The van der Waals surface area contributed by atoms with Crippen molar-refractivity contribution in [2.75, 3.05) is 38.1 Å². The Morgan fingerprint density at radius 2 is 2.00 bits per heavy atom. The van der Waals surface area contributed by atoms with Crippen LogP contribution in [0.3, 0.4) is 0 Å². The van der Waals surface area contributed by atoms with Gasteiger partial charge in [0.25, 0.3) is 5.56 Å². The molecule has 96 valence electrons. The lowest BCUT2D eigenvalue weighted by Gasteiger charge is -2.31. The van der Waals surface area contributed by atoms with E-state index in [0.717, 1.165) is 40.6 Å². The first kappa shape index (κ1) is 12.1. The van der Waals surface area contributed by atoms with Crippen LogP contribution < -0.4 is 10.5 Å². The third-order valence-electron chi connectivity index (χ3n) is 3.10. The van der Waals surface area contributed by atoms with Crippen LogP contribution in [-0.2, 0) is 0 Å². The Morgan fingerprint density at radius 3 is 2.72 bits per heavy atom. The number of rotatable bonds is 1. The van der Waals surface area contributed by atoms with E-state index in [1.807, 2.05) is 6.07 Å². The van der Waals surface area contributed by atoms with Gasteiger partial charge in [0.2, 0.25) is 5.13 Å². The van der Waals surface area contributed by atoms with Crippen LogP contribution in [0.1, 0.15) is 0 Å². The Balaban J connectivity index is 1.98. The minimum Gasteiger partial charge on any atom is -0.344 e. The van der Waals surface area contributed by atoms with Crippen molar-refractivity contribution in [1.82, 2.24) is 14.5 Å². The molecule has 7 heteroatoms. The van der Waals surface area contributed by atoms with Crippen molar-refractivity contribution < 1.29 is 0 Å². The summed E-state index contributed by atoms with van der Waals surface area (Å²) in [4.78, 5) is 17.2. The van der Waals surface area contributed by atoms with Gasteiger partial charge < -0.3 is 9.80 Å². The van der Waals surface area contributed by atoms with Gasteiger partial charge in [-0.05, 0) is 13.1 Å². The molecule has 1 fully saturated rings. The fourth-order valence-electron chi connectivity index (χ4n) is 2.00. The first-order chi connectivity index (χ1) is 8.63. The van der Waals surface area contributed by atoms with Gasteiger partial charge in [-0.25, -0.2) is 0 Å². The number of piperazine rings is 1. The molecule has 0 amide bonds. The summed E-state index contributed by atoms with van der Waals surface area (Å²) in [7, 11) is 2.12. The van der Waals surface area contributed by atoms with Crippen LogP contribution in [0.5, 0.6) is 0 Å². The second-order valence-electron chi connectivity index (χ2n) is 4.44. The Kier molecular flexibility index (Phi) is 3.13. The lowest BCUT2D eigenvalue weighted by molar-refractivity contribution is 0.312. The normalized spacial score (nSPS) is 17.6. The van der Waals surface area contributed by atoms with Crippen LogP contribution in [0.4, 0.5) is 5.13 Å². The summed E-state index contributed by atoms with van der Waals surface area (Å²) in [6.07, 6.45) is 0. The van der Waals surface area contributed by atoms with Crippen molar-refractivity contribution in [1.29, 1.82) is 0 Å². The molecule has 1 aliphatic rings. The summed E-state index contributed by atoms with van der Waals surface area (Å²) < 4.78 is 2.28. The Hall–Kier alpha value is -0.920. The zero-order valence-electron chi connectivity index (χ0n) is 9.97. The summed E-state index contributed by atoms with van der Waals surface area (Å²) in [5, 5.41) is 5.34. The van der Waals surface area contributed by atoms with E-state index in [1.165, 1.54) is 4.52 Å². The standard InChI is InChI=1S/C11H13BrN4OS/c1-14-2-4-15(5-3-14)11-13-16-9(17)6-8(12)7-10(16)18-11/h6-7H,2-5H2,1H3. The molecule has 0 aliphatic carbocycles. The maximum Gasteiger partial charge on any atom is 0.273 e. The molecule has 0 bridgehead atoms. The number of pyridine rings is 1. The van der Waals surface area contributed by atoms with E-state index in [0.29, 0.717) is 0 Å². The van der Waals surface area contributed by atoms with E-state index in [1.54, 1.807) is 17.4 Å². The monoisotopic (exact) mass is 328 g/mol. The molecule has 0 aromatic carbocycles. The average Bonchev–Trinajstić information content (AvgIpc) is 2.74. The average molecular weight is 329 g/mol. The van der Waals surface area contributed by atoms with Crippen molar-refractivity contribution >= 4 is 37.2 Å². The zero-order valence-corrected chi connectivity index (χ0v) is 12.4. The highest BCUT2D eigenvalue weighted by Gasteiger charge is 2.18. The number of fused-ring (bicyclic) bond motifs is 1. The van der Waals surface area contributed by atoms with Gasteiger partial charge in [-0.2, -0.15) is 4.52 Å². The first-order valence-electron chi connectivity index (χ1n) is 5.76. The third-order valence-corrected chi connectivity index (χ3v) is 4.58. The van der Waals surface area contributed by atoms with Crippen molar-refractivity contribution in [2.45, 2.75) is 0 Å². The molecule has 1 saturated heterocycles. The fourth-order valence-corrected chi connectivity index (χ4v) is 3.59. The van der Waals surface area contributed by atoms with Crippen LogP contribution >= 0.6 is 27.3 Å². The van der Waals surface area contributed by atoms with Crippen molar-refractivity contribution in [3.05, 3.63) is 27.0 Å². The highest BCUT2D eigenvalue weighted by Crippen LogP contribution is 2.24. The Labute approximate surface area is 117 Å².